The Morgan fingerprint density at radius 3 is 1.85 bits per heavy atom. The summed E-state index contributed by atoms with van der Waals surface area (Å²) in [6, 6.07) is 34.0. The summed E-state index contributed by atoms with van der Waals surface area (Å²) in [5, 5.41) is 6.63. The van der Waals surface area contributed by atoms with Crippen LogP contribution < -0.4 is 0 Å². The third-order valence-electron chi connectivity index (χ3n) is 6.56. The molecule has 0 saturated carbocycles. The Balaban J connectivity index is 1.77. The van der Waals surface area contributed by atoms with Gasteiger partial charge in [-0.2, -0.15) is 0 Å². The molecular formula is C31H20F2. The molecule has 0 fully saturated rings. The fraction of sp³-hybridized carbons (Fsp3) is 0.0323. The van der Waals surface area contributed by atoms with Gasteiger partial charge in [0.2, 0.25) is 0 Å². The predicted octanol–water partition coefficient (Wildman–Crippen LogP) is 9.07. The highest BCUT2D eigenvalue weighted by Crippen LogP contribution is 2.42. The lowest BCUT2D eigenvalue weighted by molar-refractivity contribution is 0.569. The molecular weight excluding hydrogens is 410 g/mol. The van der Waals surface area contributed by atoms with Gasteiger partial charge in [0.1, 0.15) is 11.6 Å². The highest BCUT2D eigenvalue weighted by molar-refractivity contribution is 6.19. The van der Waals surface area contributed by atoms with Crippen LogP contribution in [0.15, 0.2) is 103 Å². The van der Waals surface area contributed by atoms with Crippen molar-refractivity contribution in [1.29, 1.82) is 0 Å². The van der Waals surface area contributed by atoms with Gasteiger partial charge in [-0.05, 0) is 79.7 Å². The van der Waals surface area contributed by atoms with Gasteiger partial charge in [0, 0.05) is 5.56 Å². The molecule has 0 unspecified atom stereocenters. The first-order valence-corrected chi connectivity index (χ1v) is 11.0. The topological polar surface area (TPSA) is 0 Å². The van der Waals surface area contributed by atoms with Crippen LogP contribution in [0, 0.1) is 18.6 Å². The molecule has 0 atom stereocenters. The van der Waals surface area contributed by atoms with E-state index in [1.54, 1.807) is 0 Å². The van der Waals surface area contributed by atoms with E-state index >= 15 is 0 Å². The fourth-order valence-electron chi connectivity index (χ4n) is 4.88. The second-order valence-corrected chi connectivity index (χ2v) is 8.46. The first-order valence-electron chi connectivity index (χ1n) is 11.0. The maximum Gasteiger partial charge on any atom is 0.129 e. The van der Waals surface area contributed by atoms with Crippen molar-refractivity contribution in [3.63, 3.8) is 0 Å². The van der Waals surface area contributed by atoms with E-state index in [-0.39, 0.29) is 5.56 Å². The first-order chi connectivity index (χ1) is 16.1. The molecule has 0 nitrogen and oxygen atoms in total. The van der Waals surface area contributed by atoms with Gasteiger partial charge in [0.25, 0.3) is 0 Å². The Bertz CT molecular complexity index is 1670. The Kier molecular flexibility index (Phi) is 4.48. The molecule has 0 spiro atoms. The smallest absolute Gasteiger partial charge is 0.129 e. The number of hydrogen-bond acceptors (Lipinski definition) is 0. The first kappa shape index (κ1) is 19.6. The molecule has 6 rings (SSSR count). The number of fused-ring (bicyclic) bond motifs is 3. The second kappa shape index (κ2) is 7.53. The van der Waals surface area contributed by atoms with Gasteiger partial charge in [0.05, 0.1) is 0 Å². The Morgan fingerprint density at radius 1 is 0.485 bits per heavy atom. The molecule has 6 aromatic carbocycles. The SMILES string of the molecule is Cc1c(F)cc(-c2cccc3c(-c4cccc5ccccc45)c4ccccc4cc23)cc1F. The van der Waals surface area contributed by atoms with E-state index in [4.69, 9.17) is 0 Å². The summed E-state index contributed by atoms with van der Waals surface area (Å²) in [5.74, 6) is -1.06. The van der Waals surface area contributed by atoms with Crippen molar-refractivity contribution in [2.24, 2.45) is 0 Å². The summed E-state index contributed by atoms with van der Waals surface area (Å²) in [6.07, 6.45) is 0. The quantitative estimate of drug-likeness (QED) is 0.240. The third-order valence-corrected chi connectivity index (χ3v) is 6.56. The van der Waals surface area contributed by atoms with E-state index in [2.05, 4.69) is 66.7 Å². The van der Waals surface area contributed by atoms with E-state index in [0.29, 0.717) is 5.56 Å². The van der Waals surface area contributed by atoms with E-state index in [0.717, 1.165) is 38.2 Å². The van der Waals surface area contributed by atoms with Crippen molar-refractivity contribution in [2.45, 2.75) is 6.92 Å². The summed E-state index contributed by atoms with van der Waals surface area (Å²) in [5.41, 5.74) is 3.68. The molecule has 0 aromatic heterocycles. The summed E-state index contributed by atoms with van der Waals surface area (Å²) in [6.45, 7) is 1.46. The van der Waals surface area contributed by atoms with Crippen molar-refractivity contribution < 1.29 is 8.78 Å². The average Bonchev–Trinajstić information content (AvgIpc) is 2.85. The van der Waals surface area contributed by atoms with Crippen molar-refractivity contribution >= 4 is 32.3 Å². The molecule has 0 aliphatic heterocycles. The normalized spacial score (nSPS) is 11.5. The van der Waals surface area contributed by atoms with Gasteiger partial charge in [-0.25, -0.2) is 8.78 Å². The predicted molar refractivity (Wildman–Crippen MR) is 134 cm³/mol. The lowest BCUT2D eigenvalue weighted by atomic mass is 9.87. The molecule has 0 aliphatic carbocycles. The summed E-state index contributed by atoms with van der Waals surface area (Å²) < 4.78 is 28.9. The van der Waals surface area contributed by atoms with Crippen LogP contribution in [-0.2, 0) is 0 Å². The van der Waals surface area contributed by atoms with Gasteiger partial charge in [-0.3, -0.25) is 0 Å². The molecule has 0 amide bonds. The minimum atomic E-state index is -0.530. The van der Waals surface area contributed by atoms with Crippen molar-refractivity contribution in [2.75, 3.05) is 0 Å². The maximum absolute atomic E-state index is 14.5. The van der Waals surface area contributed by atoms with Crippen LogP contribution in [0.25, 0.3) is 54.6 Å². The zero-order chi connectivity index (χ0) is 22.5. The summed E-state index contributed by atoms with van der Waals surface area (Å²) in [7, 11) is 0. The molecule has 0 radical (unpaired) electrons. The zero-order valence-electron chi connectivity index (χ0n) is 18.1. The zero-order valence-corrected chi connectivity index (χ0v) is 18.1. The molecule has 0 N–H and O–H groups in total. The average molecular weight is 430 g/mol. The number of halogens is 2. The highest BCUT2D eigenvalue weighted by Gasteiger charge is 2.16. The van der Waals surface area contributed by atoms with Gasteiger partial charge in [0.15, 0.2) is 0 Å². The van der Waals surface area contributed by atoms with Gasteiger partial charge in [-0.15, -0.1) is 0 Å². The molecule has 2 heteroatoms. The van der Waals surface area contributed by atoms with E-state index in [9.17, 15) is 8.78 Å². The van der Waals surface area contributed by atoms with Crippen LogP contribution in [0.2, 0.25) is 0 Å². The number of rotatable bonds is 2. The van der Waals surface area contributed by atoms with Crippen LogP contribution in [-0.4, -0.2) is 0 Å². The second-order valence-electron chi connectivity index (χ2n) is 8.46. The summed E-state index contributed by atoms with van der Waals surface area (Å²) >= 11 is 0. The highest BCUT2D eigenvalue weighted by atomic mass is 19.1. The Hall–Kier alpha value is -4.04. The molecule has 6 aromatic rings. The van der Waals surface area contributed by atoms with Crippen molar-refractivity contribution in [3.8, 4) is 22.3 Å². The Labute approximate surface area is 190 Å². The fourth-order valence-corrected chi connectivity index (χ4v) is 4.88. The standard InChI is InChI=1S/C31H20F2/c1-19-29(32)17-22(18-30(19)33)24-13-7-15-27-28(24)16-21-9-3-5-12-25(21)31(27)26-14-6-10-20-8-2-4-11-23(20)26/h2-18H,1H3. The van der Waals surface area contributed by atoms with Crippen LogP contribution in [0.3, 0.4) is 0 Å². The lowest BCUT2D eigenvalue weighted by Crippen LogP contribution is -1.93. The molecule has 158 valence electrons. The minimum absolute atomic E-state index is 0.0425. The molecule has 0 saturated heterocycles. The molecule has 0 heterocycles. The maximum atomic E-state index is 14.5. The van der Waals surface area contributed by atoms with Crippen LogP contribution >= 0.6 is 0 Å². The van der Waals surface area contributed by atoms with Crippen LogP contribution in [0.4, 0.5) is 8.78 Å². The molecule has 0 bridgehead atoms. The van der Waals surface area contributed by atoms with Crippen molar-refractivity contribution in [3.05, 3.63) is 120 Å². The monoisotopic (exact) mass is 430 g/mol. The van der Waals surface area contributed by atoms with Crippen LogP contribution in [0.1, 0.15) is 5.56 Å². The minimum Gasteiger partial charge on any atom is -0.207 e. The molecule has 33 heavy (non-hydrogen) atoms. The third kappa shape index (κ3) is 3.10. The van der Waals surface area contributed by atoms with Gasteiger partial charge >= 0.3 is 0 Å². The summed E-state index contributed by atoms with van der Waals surface area (Å²) in [4.78, 5) is 0. The van der Waals surface area contributed by atoms with E-state index in [1.165, 1.54) is 29.8 Å². The number of hydrogen-bond donors (Lipinski definition) is 0. The van der Waals surface area contributed by atoms with E-state index < -0.39 is 11.6 Å². The largest absolute Gasteiger partial charge is 0.207 e. The van der Waals surface area contributed by atoms with Crippen molar-refractivity contribution in [1.82, 2.24) is 0 Å². The number of benzene rings is 6. The van der Waals surface area contributed by atoms with Crippen LogP contribution in [0.5, 0.6) is 0 Å². The Morgan fingerprint density at radius 2 is 1.06 bits per heavy atom. The van der Waals surface area contributed by atoms with E-state index in [1.807, 2.05) is 24.3 Å². The van der Waals surface area contributed by atoms with Gasteiger partial charge < -0.3 is 0 Å². The van der Waals surface area contributed by atoms with Gasteiger partial charge in [-0.1, -0.05) is 84.9 Å². The lowest BCUT2D eigenvalue weighted by Gasteiger charge is -2.17. The molecule has 0 aliphatic rings.